The normalized spacial score (nSPS) is 11.8. The summed E-state index contributed by atoms with van der Waals surface area (Å²) >= 11 is 0. The quantitative estimate of drug-likeness (QED) is 0.655. The number of nitro groups is 1. The molecule has 0 heterocycles. The maximum absolute atomic E-state index is 12.1. The second-order valence-electron chi connectivity index (χ2n) is 5.37. The number of hydrogen-bond acceptors (Lipinski definition) is 4. The molecule has 0 unspecified atom stereocenters. The molecule has 0 spiro atoms. The molecule has 1 amide bonds. The van der Waals surface area contributed by atoms with Crippen molar-refractivity contribution in [1.29, 1.82) is 0 Å². The number of hydrogen-bond donors (Lipinski definition) is 2. The van der Waals surface area contributed by atoms with E-state index in [-0.39, 0.29) is 18.1 Å². The Morgan fingerprint density at radius 1 is 1.17 bits per heavy atom. The van der Waals surface area contributed by atoms with Crippen LogP contribution in [0.5, 0.6) is 0 Å². The third kappa shape index (κ3) is 4.14. The fourth-order valence-corrected chi connectivity index (χ4v) is 2.11. The number of nitro benzene ring substituents is 1. The number of aliphatic hydroxyl groups is 1. The Kier molecular flexibility index (Phi) is 5.08. The van der Waals surface area contributed by atoms with Crippen LogP contribution in [0.3, 0.4) is 0 Å². The summed E-state index contributed by atoms with van der Waals surface area (Å²) in [5, 5.41) is 23.3. The van der Waals surface area contributed by atoms with Gasteiger partial charge in [0.15, 0.2) is 0 Å². The zero-order chi connectivity index (χ0) is 17.0. The first-order valence-corrected chi connectivity index (χ1v) is 7.16. The van der Waals surface area contributed by atoms with Gasteiger partial charge in [0.25, 0.3) is 11.6 Å². The van der Waals surface area contributed by atoms with Crippen LogP contribution in [-0.4, -0.2) is 22.5 Å². The van der Waals surface area contributed by atoms with Gasteiger partial charge in [-0.05, 0) is 54.8 Å². The lowest BCUT2D eigenvalue weighted by molar-refractivity contribution is -0.384. The molecule has 0 saturated heterocycles. The van der Waals surface area contributed by atoms with Gasteiger partial charge in [0, 0.05) is 24.2 Å². The van der Waals surface area contributed by atoms with Crippen LogP contribution in [-0.2, 0) is 0 Å². The smallest absolute Gasteiger partial charge is 0.269 e. The number of amides is 1. The fraction of sp³-hybridized carbons (Fsp3) is 0.235. The number of carbonyl (C=O) groups is 1. The number of carbonyl (C=O) groups excluding carboxylic acids is 1. The molecular formula is C17H18N2O4. The standard InChI is InChI=1S/C17H18N2O4/c1-11-3-4-14(9-12(11)2)17(21)18-10-16(20)13-5-7-15(8-6-13)19(22)23/h3-9,16,20H,10H2,1-2H3,(H,18,21)/t16-/m1/s1. The molecule has 0 bridgehead atoms. The summed E-state index contributed by atoms with van der Waals surface area (Å²) in [6.45, 7) is 3.93. The van der Waals surface area contributed by atoms with Crippen molar-refractivity contribution in [1.82, 2.24) is 5.32 Å². The minimum absolute atomic E-state index is 0.0313. The van der Waals surface area contributed by atoms with Gasteiger partial charge in [-0.1, -0.05) is 6.07 Å². The summed E-state index contributed by atoms with van der Waals surface area (Å²) in [6, 6.07) is 11.0. The average Bonchev–Trinajstić information content (AvgIpc) is 2.54. The van der Waals surface area contributed by atoms with Crippen LogP contribution < -0.4 is 5.32 Å². The molecule has 0 radical (unpaired) electrons. The van der Waals surface area contributed by atoms with Gasteiger partial charge in [-0.15, -0.1) is 0 Å². The Hall–Kier alpha value is -2.73. The molecule has 1 atom stereocenters. The number of aliphatic hydroxyl groups excluding tert-OH is 1. The first-order valence-electron chi connectivity index (χ1n) is 7.16. The number of aryl methyl sites for hydroxylation is 2. The highest BCUT2D eigenvalue weighted by atomic mass is 16.6. The lowest BCUT2D eigenvalue weighted by atomic mass is 10.1. The van der Waals surface area contributed by atoms with Gasteiger partial charge in [0.2, 0.25) is 0 Å². The van der Waals surface area contributed by atoms with E-state index in [4.69, 9.17) is 0 Å². The number of nitrogens with zero attached hydrogens (tertiary/aromatic N) is 1. The SMILES string of the molecule is Cc1ccc(C(=O)NC[C@@H](O)c2ccc([N+](=O)[O-])cc2)cc1C. The van der Waals surface area contributed by atoms with Crippen LogP contribution in [0.2, 0.25) is 0 Å². The Morgan fingerprint density at radius 3 is 2.39 bits per heavy atom. The van der Waals surface area contributed by atoms with Gasteiger partial charge in [-0.3, -0.25) is 14.9 Å². The zero-order valence-electron chi connectivity index (χ0n) is 12.9. The van der Waals surface area contributed by atoms with Crippen molar-refractivity contribution in [2.24, 2.45) is 0 Å². The molecule has 2 aromatic rings. The summed E-state index contributed by atoms with van der Waals surface area (Å²) in [4.78, 5) is 22.2. The minimum atomic E-state index is -0.925. The third-order valence-electron chi connectivity index (χ3n) is 3.71. The van der Waals surface area contributed by atoms with Gasteiger partial charge in [-0.2, -0.15) is 0 Å². The van der Waals surface area contributed by atoms with Crippen LogP contribution in [0.4, 0.5) is 5.69 Å². The molecule has 0 aliphatic rings. The Labute approximate surface area is 133 Å². The molecule has 2 aromatic carbocycles. The second-order valence-corrected chi connectivity index (χ2v) is 5.37. The largest absolute Gasteiger partial charge is 0.387 e. The van der Waals surface area contributed by atoms with Gasteiger partial charge < -0.3 is 10.4 Å². The molecule has 0 aliphatic heterocycles. The van der Waals surface area contributed by atoms with E-state index in [9.17, 15) is 20.0 Å². The monoisotopic (exact) mass is 314 g/mol. The number of nitrogens with one attached hydrogen (secondary N) is 1. The maximum Gasteiger partial charge on any atom is 0.269 e. The summed E-state index contributed by atoms with van der Waals surface area (Å²) in [5.74, 6) is -0.269. The van der Waals surface area contributed by atoms with E-state index in [0.717, 1.165) is 11.1 Å². The lowest BCUT2D eigenvalue weighted by Gasteiger charge is -2.12. The molecule has 6 nitrogen and oxygen atoms in total. The average molecular weight is 314 g/mol. The predicted octanol–water partition coefficient (Wildman–Crippen LogP) is 2.68. The highest BCUT2D eigenvalue weighted by Gasteiger charge is 2.13. The molecule has 0 aromatic heterocycles. The van der Waals surface area contributed by atoms with Gasteiger partial charge in [0.05, 0.1) is 11.0 Å². The Bertz CT molecular complexity index is 726. The van der Waals surface area contributed by atoms with Crippen molar-refractivity contribution in [2.45, 2.75) is 20.0 Å². The Balaban J connectivity index is 1.97. The third-order valence-corrected chi connectivity index (χ3v) is 3.71. The van der Waals surface area contributed by atoms with Crippen LogP contribution in [0.15, 0.2) is 42.5 Å². The van der Waals surface area contributed by atoms with Crippen molar-refractivity contribution in [3.05, 3.63) is 74.8 Å². The molecule has 0 aliphatic carbocycles. The molecule has 23 heavy (non-hydrogen) atoms. The number of non-ortho nitro benzene ring substituents is 1. The zero-order valence-corrected chi connectivity index (χ0v) is 12.9. The van der Waals surface area contributed by atoms with Crippen molar-refractivity contribution in [3.63, 3.8) is 0 Å². The van der Waals surface area contributed by atoms with Crippen molar-refractivity contribution < 1.29 is 14.8 Å². The van der Waals surface area contributed by atoms with Crippen LogP contribution >= 0.6 is 0 Å². The second kappa shape index (κ2) is 7.02. The molecule has 6 heteroatoms. The van der Waals surface area contributed by atoms with E-state index >= 15 is 0 Å². The fourth-order valence-electron chi connectivity index (χ4n) is 2.11. The molecule has 2 rings (SSSR count). The highest BCUT2D eigenvalue weighted by Crippen LogP contribution is 2.17. The molecule has 0 fully saturated rings. The summed E-state index contributed by atoms with van der Waals surface area (Å²) in [7, 11) is 0. The molecular weight excluding hydrogens is 296 g/mol. The summed E-state index contributed by atoms with van der Waals surface area (Å²) < 4.78 is 0. The number of benzene rings is 2. The van der Waals surface area contributed by atoms with Crippen LogP contribution in [0.1, 0.15) is 33.2 Å². The number of rotatable bonds is 5. The highest BCUT2D eigenvalue weighted by molar-refractivity contribution is 5.94. The first-order chi connectivity index (χ1) is 10.9. The summed E-state index contributed by atoms with van der Waals surface area (Å²) in [6.07, 6.45) is -0.925. The first kappa shape index (κ1) is 16.6. The Morgan fingerprint density at radius 2 is 1.83 bits per heavy atom. The van der Waals surface area contributed by atoms with Gasteiger partial charge in [-0.25, -0.2) is 0 Å². The van der Waals surface area contributed by atoms with E-state index < -0.39 is 11.0 Å². The van der Waals surface area contributed by atoms with E-state index in [1.165, 1.54) is 24.3 Å². The molecule has 2 N–H and O–H groups in total. The van der Waals surface area contributed by atoms with Gasteiger partial charge in [0.1, 0.15) is 0 Å². The van der Waals surface area contributed by atoms with Crippen molar-refractivity contribution in [2.75, 3.05) is 6.54 Å². The van der Waals surface area contributed by atoms with Crippen molar-refractivity contribution >= 4 is 11.6 Å². The topological polar surface area (TPSA) is 92.5 Å². The van der Waals surface area contributed by atoms with E-state index in [0.29, 0.717) is 11.1 Å². The predicted molar refractivity (Wildman–Crippen MR) is 86.3 cm³/mol. The molecule has 120 valence electrons. The van der Waals surface area contributed by atoms with Crippen LogP contribution in [0.25, 0.3) is 0 Å². The van der Waals surface area contributed by atoms with E-state index in [2.05, 4.69) is 5.32 Å². The maximum atomic E-state index is 12.1. The van der Waals surface area contributed by atoms with Crippen molar-refractivity contribution in [3.8, 4) is 0 Å². The van der Waals surface area contributed by atoms with E-state index in [1.54, 1.807) is 12.1 Å². The lowest BCUT2D eigenvalue weighted by Crippen LogP contribution is -2.28. The molecule has 0 saturated carbocycles. The summed E-state index contributed by atoms with van der Waals surface area (Å²) in [5.41, 5.74) is 3.13. The van der Waals surface area contributed by atoms with Gasteiger partial charge >= 0.3 is 0 Å². The van der Waals surface area contributed by atoms with E-state index in [1.807, 2.05) is 19.9 Å². The minimum Gasteiger partial charge on any atom is -0.387 e. The van der Waals surface area contributed by atoms with Crippen LogP contribution in [0, 0.1) is 24.0 Å².